The molecule has 0 heterocycles. The molecule has 0 saturated carbocycles. The molecule has 0 aliphatic rings. The van der Waals surface area contributed by atoms with E-state index in [-0.39, 0.29) is 31.1 Å². The van der Waals surface area contributed by atoms with E-state index in [4.69, 9.17) is 14.2 Å². The highest BCUT2D eigenvalue weighted by Crippen LogP contribution is 2.17. The predicted octanol–water partition coefficient (Wildman–Crippen LogP) is 17.5. The number of unbranched alkanes of at least 4 members (excludes halogenated alkanes) is 36. The van der Waals surface area contributed by atoms with Crippen LogP contribution in [0.1, 0.15) is 304 Å². The summed E-state index contributed by atoms with van der Waals surface area (Å²) in [4.78, 5) is 37.9. The van der Waals surface area contributed by atoms with Gasteiger partial charge in [-0.25, -0.2) is 0 Å². The number of esters is 3. The Kier molecular flexibility index (Phi) is 47.2. The smallest absolute Gasteiger partial charge is 0.306 e. The molecule has 0 aromatic heterocycles. The van der Waals surface area contributed by atoms with E-state index in [1.54, 1.807) is 0 Å². The van der Waals surface area contributed by atoms with E-state index >= 15 is 0 Å². The van der Waals surface area contributed by atoms with Gasteiger partial charge in [0.2, 0.25) is 0 Å². The van der Waals surface area contributed by atoms with E-state index < -0.39 is 6.10 Å². The Morgan fingerprint density at radius 1 is 0.317 bits per heavy atom. The first kappa shape index (κ1) is 58.4. The molecule has 356 valence electrons. The van der Waals surface area contributed by atoms with E-state index in [0.717, 1.165) is 63.7 Å². The molecule has 0 fully saturated rings. The molecule has 0 aliphatic heterocycles. The van der Waals surface area contributed by atoms with Gasteiger partial charge < -0.3 is 14.2 Å². The molecule has 0 amide bonds. The number of hydrogen-bond donors (Lipinski definition) is 0. The first-order valence-electron chi connectivity index (χ1n) is 26.9. The van der Waals surface area contributed by atoms with Gasteiger partial charge in [0, 0.05) is 19.3 Å². The first-order chi connectivity index (χ1) is 29.4. The van der Waals surface area contributed by atoms with Crippen LogP contribution in [0.2, 0.25) is 0 Å². The maximum Gasteiger partial charge on any atom is 0.306 e. The zero-order valence-electron chi connectivity index (χ0n) is 40.9. The quantitative estimate of drug-likeness (QED) is 0.0345. The second kappa shape index (κ2) is 48.4. The number of rotatable bonds is 49. The lowest BCUT2D eigenvalue weighted by atomic mass is 10.0. The van der Waals surface area contributed by atoms with Gasteiger partial charge in [-0.1, -0.05) is 265 Å². The van der Waals surface area contributed by atoms with Gasteiger partial charge in [0.15, 0.2) is 6.10 Å². The fraction of sp³-hybridized carbons (Fsp3) is 0.944. The third-order valence-corrected chi connectivity index (χ3v) is 12.3. The molecular formula is C54H104O6. The lowest BCUT2D eigenvalue weighted by Gasteiger charge is -2.18. The monoisotopic (exact) mass is 849 g/mol. The van der Waals surface area contributed by atoms with Gasteiger partial charge in [0.25, 0.3) is 0 Å². The topological polar surface area (TPSA) is 78.9 Å². The second-order valence-electron chi connectivity index (χ2n) is 19.0. The minimum atomic E-state index is -0.760. The number of hydrogen-bond acceptors (Lipinski definition) is 6. The van der Waals surface area contributed by atoms with Crippen molar-refractivity contribution in [2.24, 2.45) is 5.92 Å². The highest BCUT2D eigenvalue weighted by atomic mass is 16.6. The van der Waals surface area contributed by atoms with Crippen molar-refractivity contribution in [1.82, 2.24) is 0 Å². The third kappa shape index (κ3) is 47.5. The van der Waals surface area contributed by atoms with Gasteiger partial charge in [-0.05, 0) is 25.2 Å². The van der Waals surface area contributed by atoms with Crippen LogP contribution in [-0.2, 0) is 28.6 Å². The Hall–Kier alpha value is -1.59. The third-order valence-electron chi connectivity index (χ3n) is 12.3. The number of carbonyl (C=O) groups is 3. The molecule has 0 rings (SSSR count). The van der Waals surface area contributed by atoms with Crippen LogP contribution in [-0.4, -0.2) is 37.2 Å². The fourth-order valence-electron chi connectivity index (χ4n) is 8.22. The summed E-state index contributed by atoms with van der Waals surface area (Å²) >= 11 is 0. The van der Waals surface area contributed by atoms with Crippen LogP contribution in [0.5, 0.6) is 0 Å². The van der Waals surface area contributed by atoms with Gasteiger partial charge in [0.05, 0.1) is 0 Å². The average molecular weight is 849 g/mol. The van der Waals surface area contributed by atoms with Gasteiger partial charge >= 0.3 is 17.9 Å². The van der Waals surface area contributed by atoms with E-state index in [1.807, 2.05) is 0 Å². The molecule has 60 heavy (non-hydrogen) atoms. The van der Waals surface area contributed by atoms with Crippen molar-refractivity contribution in [1.29, 1.82) is 0 Å². The molecule has 0 aromatic rings. The van der Waals surface area contributed by atoms with Gasteiger partial charge in [0.1, 0.15) is 13.2 Å². The van der Waals surface area contributed by atoms with Crippen molar-refractivity contribution in [3.63, 3.8) is 0 Å². The van der Waals surface area contributed by atoms with Crippen molar-refractivity contribution in [3.05, 3.63) is 0 Å². The molecule has 6 nitrogen and oxygen atoms in total. The minimum absolute atomic E-state index is 0.0623. The summed E-state index contributed by atoms with van der Waals surface area (Å²) in [5.41, 5.74) is 0. The zero-order valence-corrected chi connectivity index (χ0v) is 40.9. The molecular weight excluding hydrogens is 745 g/mol. The van der Waals surface area contributed by atoms with Crippen molar-refractivity contribution in [2.75, 3.05) is 13.2 Å². The Morgan fingerprint density at radius 2 is 0.550 bits per heavy atom. The summed E-state index contributed by atoms with van der Waals surface area (Å²) in [6, 6.07) is 0. The van der Waals surface area contributed by atoms with Crippen LogP contribution in [0.3, 0.4) is 0 Å². The predicted molar refractivity (Wildman–Crippen MR) is 257 cm³/mol. The van der Waals surface area contributed by atoms with Crippen molar-refractivity contribution >= 4 is 17.9 Å². The zero-order chi connectivity index (χ0) is 43.8. The summed E-state index contributed by atoms with van der Waals surface area (Å²) in [5, 5.41) is 0. The largest absolute Gasteiger partial charge is 0.462 e. The Morgan fingerprint density at radius 3 is 0.817 bits per heavy atom. The summed E-state index contributed by atoms with van der Waals surface area (Å²) in [7, 11) is 0. The number of carbonyl (C=O) groups excluding carboxylic acids is 3. The SMILES string of the molecule is CCCCCCCCCCCCCCCC(=O)O[C@@H](COC(=O)CCCCCCCCCCCC)COC(=O)CCCCCCCCCCCCCCCCCCC(C)C. The number of ether oxygens (including phenoxy) is 3. The molecule has 6 heteroatoms. The summed E-state index contributed by atoms with van der Waals surface area (Å²) in [5.74, 6) is 0.0102. The fourth-order valence-corrected chi connectivity index (χ4v) is 8.22. The maximum atomic E-state index is 12.8. The van der Waals surface area contributed by atoms with Crippen molar-refractivity contribution in [3.8, 4) is 0 Å². The lowest BCUT2D eigenvalue weighted by Crippen LogP contribution is -2.30. The van der Waals surface area contributed by atoms with Crippen molar-refractivity contribution in [2.45, 2.75) is 310 Å². The lowest BCUT2D eigenvalue weighted by molar-refractivity contribution is -0.167. The van der Waals surface area contributed by atoms with Crippen LogP contribution in [0, 0.1) is 5.92 Å². The minimum Gasteiger partial charge on any atom is -0.462 e. The molecule has 1 atom stereocenters. The molecule has 0 radical (unpaired) electrons. The molecule has 0 unspecified atom stereocenters. The molecule has 0 spiro atoms. The Bertz CT molecular complexity index is 903. The van der Waals surface area contributed by atoms with Crippen molar-refractivity contribution < 1.29 is 28.6 Å². The van der Waals surface area contributed by atoms with E-state index in [2.05, 4.69) is 27.7 Å². The van der Waals surface area contributed by atoms with Crippen LogP contribution in [0.25, 0.3) is 0 Å². The van der Waals surface area contributed by atoms with Gasteiger partial charge in [-0.15, -0.1) is 0 Å². The summed E-state index contributed by atoms with van der Waals surface area (Å²) in [6.45, 7) is 9.04. The first-order valence-corrected chi connectivity index (χ1v) is 26.9. The molecule has 0 aliphatic carbocycles. The van der Waals surface area contributed by atoms with Crippen LogP contribution in [0.4, 0.5) is 0 Å². The van der Waals surface area contributed by atoms with E-state index in [1.165, 1.54) is 199 Å². The normalized spacial score (nSPS) is 11.9. The standard InChI is InChI=1S/C54H104O6/c1-5-7-9-11-13-15-17-22-27-31-35-39-43-47-54(57)60-51(48-58-52(55)45-41-37-33-29-16-14-12-10-8-6-2)49-59-53(56)46-42-38-34-30-26-24-21-19-18-20-23-25-28-32-36-40-44-50(3)4/h50-51H,5-49H2,1-4H3/t51-/m0/s1. The average Bonchev–Trinajstić information content (AvgIpc) is 3.23. The summed E-state index contributed by atoms with van der Waals surface area (Å²) < 4.78 is 16.8. The van der Waals surface area contributed by atoms with Crippen LogP contribution < -0.4 is 0 Å². The summed E-state index contributed by atoms with van der Waals surface area (Å²) in [6.07, 6.45) is 50.9. The Balaban J connectivity index is 4.23. The Labute approximate surface area is 374 Å². The van der Waals surface area contributed by atoms with E-state index in [9.17, 15) is 14.4 Å². The second-order valence-corrected chi connectivity index (χ2v) is 19.0. The molecule has 0 bridgehead atoms. The molecule has 0 N–H and O–H groups in total. The van der Waals surface area contributed by atoms with Gasteiger partial charge in [-0.2, -0.15) is 0 Å². The van der Waals surface area contributed by atoms with Crippen LogP contribution >= 0.6 is 0 Å². The highest BCUT2D eigenvalue weighted by Gasteiger charge is 2.19. The maximum absolute atomic E-state index is 12.8. The highest BCUT2D eigenvalue weighted by molar-refractivity contribution is 5.71. The van der Waals surface area contributed by atoms with Crippen LogP contribution in [0.15, 0.2) is 0 Å². The van der Waals surface area contributed by atoms with E-state index in [0.29, 0.717) is 19.3 Å². The molecule has 0 saturated heterocycles. The molecule has 0 aromatic carbocycles. The van der Waals surface area contributed by atoms with Gasteiger partial charge in [-0.3, -0.25) is 14.4 Å².